The summed E-state index contributed by atoms with van der Waals surface area (Å²) in [6, 6.07) is 4.76. The number of nitrogens with one attached hydrogen (secondary N) is 2. The van der Waals surface area contributed by atoms with Gasteiger partial charge in [-0.15, -0.1) is 0 Å². The smallest absolute Gasteiger partial charge is 0.331 e. The summed E-state index contributed by atoms with van der Waals surface area (Å²) in [7, 11) is -4.04. The molecule has 1 aromatic carbocycles. The Labute approximate surface area is 220 Å². The van der Waals surface area contributed by atoms with Crippen LogP contribution in [0, 0.1) is 5.92 Å². The minimum absolute atomic E-state index is 0.0122. The van der Waals surface area contributed by atoms with Crippen molar-refractivity contribution in [1.29, 1.82) is 0 Å². The normalized spacial score (nSPS) is 20.4. The number of carbonyl (C=O) groups is 3. The van der Waals surface area contributed by atoms with Crippen LogP contribution >= 0.6 is 0 Å². The van der Waals surface area contributed by atoms with Crippen molar-refractivity contribution in [3.8, 4) is 0 Å². The van der Waals surface area contributed by atoms with Crippen LogP contribution in [0.4, 0.5) is 9.59 Å². The van der Waals surface area contributed by atoms with E-state index in [1.165, 1.54) is 17.0 Å². The number of nitrogens with zero attached hydrogens (tertiary/aromatic N) is 2. The predicted molar refractivity (Wildman–Crippen MR) is 142 cm³/mol. The van der Waals surface area contributed by atoms with Crippen LogP contribution in [0.25, 0.3) is 0 Å². The Hall–Kier alpha value is -2.88. The van der Waals surface area contributed by atoms with E-state index in [1.54, 1.807) is 26.0 Å². The lowest BCUT2D eigenvalue weighted by atomic mass is 9.87. The summed E-state index contributed by atoms with van der Waals surface area (Å²) in [5.41, 5.74) is 2.42. The van der Waals surface area contributed by atoms with Crippen molar-refractivity contribution in [2.45, 2.75) is 90.1 Å². The molecular weight excluding hydrogens is 492 g/mol. The second kappa shape index (κ2) is 12.1. The van der Waals surface area contributed by atoms with Gasteiger partial charge in [0.2, 0.25) is 0 Å². The zero-order valence-electron chi connectivity index (χ0n) is 22.5. The van der Waals surface area contributed by atoms with Crippen molar-refractivity contribution in [3.05, 3.63) is 41.0 Å². The molecule has 37 heavy (non-hydrogen) atoms. The van der Waals surface area contributed by atoms with Gasteiger partial charge in [-0.05, 0) is 88.5 Å². The molecule has 2 aliphatic rings. The summed E-state index contributed by atoms with van der Waals surface area (Å²) in [5.74, 6) is 0.381. The highest BCUT2D eigenvalue weighted by atomic mass is 32.2. The Morgan fingerprint density at radius 3 is 2.27 bits per heavy atom. The highest BCUT2D eigenvalue weighted by Crippen LogP contribution is 2.25. The highest BCUT2D eigenvalue weighted by molar-refractivity contribution is 7.89. The molecule has 3 rings (SSSR count). The van der Waals surface area contributed by atoms with Crippen LogP contribution in [0.3, 0.4) is 0 Å². The monoisotopic (exact) mass is 532 g/mol. The van der Waals surface area contributed by atoms with E-state index in [2.05, 4.69) is 17.6 Å². The molecule has 1 saturated carbocycles. The molecule has 5 amide bonds. The van der Waals surface area contributed by atoms with Gasteiger partial charge in [-0.1, -0.05) is 26.0 Å². The van der Waals surface area contributed by atoms with Crippen LogP contribution in [-0.2, 0) is 21.2 Å². The van der Waals surface area contributed by atoms with E-state index in [1.807, 2.05) is 13.8 Å². The molecule has 0 spiro atoms. The first kappa shape index (κ1) is 28.7. The van der Waals surface area contributed by atoms with Crippen LogP contribution < -0.4 is 10.6 Å². The van der Waals surface area contributed by atoms with E-state index < -0.39 is 28.1 Å². The van der Waals surface area contributed by atoms with Gasteiger partial charge in [0.25, 0.3) is 15.9 Å². The lowest BCUT2D eigenvalue weighted by Crippen LogP contribution is -2.50. The molecule has 1 fully saturated rings. The molecule has 1 aliphatic carbocycles. The fourth-order valence-corrected chi connectivity index (χ4v) is 6.51. The van der Waals surface area contributed by atoms with Crippen molar-refractivity contribution >= 4 is 28.0 Å². The van der Waals surface area contributed by atoms with Crippen LogP contribution in [0.1, 0.15) is 72.3 Å². The van der Waals surface area contributed by atoms with E-state index >= 15 is 0 Å². The highest BCUT2D eigenvalue weighted by Gasteiger charge is 2.34. The zero-order valence-corrected chi connectivity index (χ0v) is 23.4. The number of benzene rings is 1. The maximum absolute atomic E-state index is 13.3. The number of imide groups is 1. The Bertz CT molecular complexity index is 1140. The maximum Gasteiger partial charge on any atom is 0.331 e. The van der Waals surface area contributed by atoms with Gasteiger partial charge in [0.05, 0.1) is 11.4 Å². The third-order valence-corrected chi connectivity index (χ3v) is 9.17. The van der Waals surface area contributed by atoms with Gasteiger partial charge in [-0.25, -0.2) is 22.3 Å². The molecule has 0 aromatic heterocycles. The average molecular weight is 533 g/mol. The van der Waals surface area contributed by atoms with Crippen LogP contribution in [0.5, 0.6) is 0 Å². The van der Waals surface area contributed by atoms with Crippen molar-refractivity contribution in [2.24, 2.45) is 5.92 Å². The van der Waals surface area contributed by atoms with Gasteiger partial charge in [0, 0.05) is 24.2 Å². The third kappa shape index (κ3) is 6.71. The molecule has 1 aromatic rings. The topological polar surface area (TPSA) is 116 Å². The molecule has 204 valence electrons. The summed E-state index contributed by atoms with van der Waals surface area (Å²) in [4.78, 5) is 39.0. The van der Waals surface area contributed by atoms with Crippen molar-refractivity contribution in [2.75, 3.05) is 13.1 Å². The quantitative estimate of drug-likeness (QED) is 0.521. The Morgan fingerprint density at radius 1 is 1.11 bits per heavy atom. The molecule has 1 aliphatic heterocycles. The molecule has 0 atom stereocenters. The number of urea groups is 2. The maximum atomic E-state index is 13.3. The first-order valence-corrected chi connectivity index (χ1v) is 14.6. The average Bonchev–Trinajstić information content (AvgIpc) is 3.13. The SMILES string of the molecule is CCC1=C(C)CN(C(=O)NCCc2ccc(S(=O)(=O)N(C(=O)NC3CCC(C)CC3)C(C)C)cc2)C1=O. The second-order valence-electron chi connectivity index (χ2n) is 10.4. The van der Waals surface area contributed by atoms with Crippen LogP contribution in [0.15, 0.2) is 40.3 Å². The summed E-state index contributed by atoms with van der Waals surface area (Å²) in [6.45, 7) is 9.92. The van der Waals surface area contributed by atoms with E-state index in [4.69, 9.17) is 0 Å². The fraction of sp³-hybridized carbons (Fsp3) is 0.593. The number of hydrogen-bond donors (Lipinski definition) is 2. The Balaban J connectivity index is 1.58. The van der Waals surface area contributed by atoms with Crippen molar-refractivity contribution in [3.63, 3.8) is 0 Å². The molecular formula is C27H40N4O5S. The van der Waals surface area contributed by atoms with Crippen molar-refractivity contribution < 1.29 is 22.8 Å². The molecule has 0 unspecified atom stereocenters. The van der Waals surface area contributed by atoms with Crippen LogP contribution in [0.2, 0.25) is 0 Å². The minimum Gasteiger partial charge on any atom is -0.337 e. The largest absolute Gasteiger partial charge is 0.337 e. The zero-order chi connectivity index (χ0) is 27.3. The third-order valence-electron chi connectivity index (χ3n) is 7.20. The van der Waals surface area contributed by atoms with Gasteiger partial charge in [0.15, 0.2) is 0 Å². The molecule has 9 nitrogen and oxygen atoms in total. The Morgan fingerprint density at radius 2 is 1.73 bits per heavy atom. The molecule has 1 heterocycles. The van der Waals surface area contributed by atoms with Gasteiger partial charge < -0.3 is 10.6 Å². The van der Waals surface area contributed by atoms with Crippen LogP contribution in [-0.4, -0.2) is 60.8 Å². The number of amides is 5. The van der Waals surface area contributed by atoms with Gasteiger partial charge in [-0.2, -0.15) is 0 Å². The first-order chi connectivity index (χ1) is 17.4. The molecule has 10 heteroatoms. The fourth-order valence-electron chi connectivity index (χ4n) is 4.98. The number of hydrogen-bond acceptors (Lipinski definition) is 5. The predicted octanol–water partition coefficient (Wildman–Crippen LogP) is 4.19. The molecule has 2 N–H and O–H groups in total. The summed E-state index contributed by atoms with van der Waals surface area (Å²) in [6.07, 6.45) is 4.81. The molecule has 0 saturated heterocycles. The van der Waals surface area contributed by atoms with E-state index in [9.17, 15) is 22.8 Å². The lowest BCUT2D eigenvalue weighted by molar-refractivity contribution is -0.123. The molecule has 0 bridgehead atoms. The number of rotatable bonds is 8. The summed E-state index contributed by atoms with van der Waals surface area (Å²) < 4.78 is 27.6. The van der Waals surface area contributed by atoms with E-state index in [0.29, 0.717) is 37.4 Å². The summed E-state index contributed by atoms with van der Waals surface area (Å²) in [5, 5.41) is 5.68. The first-order valence-electron chi connectivity index (χ1n) is 13.2. The Kier molecular flexibility index (Phi) is 9.39. The summed E-state index contributed by atoms with van der Waals surface area (Å²) >= 11 is 0. The van der Waals surface area contributed by atoms with E-state index in [0.717, 1.165) is 41.1 Å². The lowest BCUT2D eigenvalue weighted by Gasteiger charge is -2.31. The number of carbonyl (C=O) groups excluding carboxylic acids is 3. The van der Waals surface area contributed by atoms with E-state index in [-0.39, 0.29) is 16.8 Å². The standard InChI is InChI=1S/C27H40N4O5S/c1-6-24-20(5)17-30(25(24)32)26(33)28-16-15-21-9-13-23(14-10-21)37(35,36)31(18(2)3)27(34)29-22-11-7-19(4)8-12-22/h9-10,13-14,18-19,22H,6-8,11-12,15-17H2,1-5H3,(H,28,33)(H,29,34). The van der Waals surface area contributed by atoms with Gasteiger partial charge >= 0.3 is 12.1 Å². The minimum atomic E-state index is -4.04. The van der Waals surface area contributed by atoms with Crippen molar-refractivity contribution in [1.82, 2.24) is 19.8 Å². The number of sulfonamides is 1. The second-order valence-corrected chi connectivity index (χ2v) is 12.2. The van der Waals surface area contributed by atoms with Gasteiger partial charge in [0.1, 0.15) is 0 Å². The molecule has 0 radical (unpaired) electrons. The van der Waals surface area contributed by atoms with Gasteiger partial charge in [-0.3, -0.25) is 9.69 Å².